The molecule has 64 valence electrons. The minimum absolute atomic E-state index is 0.591. The van der Waals surface area contributed by atoms with Crippen molar-refractivity contribution < 1.29 is 4.74 Å². The molecule has 0 spiro atoms. The van der Waals surface area contributed by atoms with Gasteiger partial charge >= 0.3 is 0 Å². The van der Waals surface area contributed by atoms with E-state index in [0.717, 1.165) is 5.82 Å². The van der Waals surface area contributed by atoms with Crippen LogP contribution < -0.4 is 10.1 Å². The summed E-state index contributed by atoms with van der Waals surface area (Å²) in [5.74, 6) is 1.51. The quantitative estimate of drug-likeness (QED) is 0.727. The summed E-state index contributed by atoms with van der Waals surface area (Å²) >= 11 is 0. The number of ether oxygens (including phenoxy) is 1. The largest absolute Gasteiger partial charge is 0.491 e. The van der Waals surface area contributed by atoms with Gasteiger partial charge in [-0.05, 0) is 12.8 Å². The Kier molecular flexibility index (Phi) is 1.81. The van der Waals surface area contributed by atoms with Crippen LogP contribution >= 0.6 is 0 Å². The highest BCUT2D eigenvalue weighted by atomic mass is 16.5. The molecular weight excluding hydrogens is 154 g/mol. The maximum Gasteiger partial charge on any atom is 0.179 e. The average molecular weight is 165 g/mol. The van der Waals surface area contributed by atoms with E-state index < -0.39 is 0 Å². The van der Waals surface area contributed by atoms with E-state index in [1.54, 1.807) is 13.3 Å². The van der Waals surface area contributed by atoms with Gasteiger partial charge in [0.05, 0.1) is 13.3 Å². The molecule has 0 amide bonds. The first kappa shape index (κ1) is 7.34. The van der Waals surface area contributed by atoms with Crippen LogP contribution in [0.4, 0.5) is 5.82 Å². The third-order valence-corrected chi connectivity index (χ3v) is 1.82. The summed E-state index contributed by atoms with van der Waals surface area (Å²) in [6.07, 6.45) is 5.64. The first-order valence-electron chi connectivity index (χ1n) is 4.00. The lowest BCUT2D eigenvalue weighted by atomic mass is 10.5. The average Bonchev–Trinajstić information content (AvgIpc) is 2.89. The molecule has 0 radical (unpaired) electrons. The van der Waals surface area contributed by atoms with Gasteiger partial charge in [-0.1, -0.05) is 0 Å². The Morgan fingerprint density at radius 1 is 1.58 bits per heavy atom. The molecule has 1 aromatic rings. The molecule has 0 saturated heterocycles. The number of anilines is 1. The van der Waals surface area contributed by atoms with Crippen LogP contribution in [0.15, 0.2) is 12.5 Å². The van der Waals surface area contributed by atoms with Crippen molar-refractivity contribution in [3.8, 4) is 5.75 Å². The number of methoxy groups -OCH3 is 1. The third kappa shape index (κ3) is 1.47. The van der Waals surface area contributed by atoms with E-state index in [2.05, 4.69) is 15.3 Å². The van der Waals surface area contributed by atoms with E-state index in [4.69, 9.17) is 4.74 Å². The lowest BCUT2D eigenvalue weighted by Gasteiger charge is -2.06. The number of hydrogen-bond donors (Lipinski definition) is 1. The highest BCUT2D eigenvalue weighted by Gasteiger charge is 2.22. The zero-order chi connectivity index (χ0) is 8.39. The second kappa shape index (κ2) is 2.97. The van der Waals surface area contributed by atoms with Crippen molar-refractivity contribution in [3.05, 3.63) is 12.5 Å². The van der Waals surface area contributed by atoms with Crippen molar-refractivity contribution in [3.63, 3.8) is 0 Å². The molecule has 1 saturated carbocycles. The van der Waals surface area contributed by atoms with Crippen LogP contribution in [0, 0.1) is 0 Å². The topological polar surface area (TPSA) is 47.0 Å². The molecule has 0 bridgehead atoms. The molecule has 4 nitrogen and oxygen atoms in total. The number of nitrogens with one attached hydrogen (secondary N) is 1. The molecule has 12 heavy (non-hydrogen) atoms. The zero-order valence-corrected chi connectivity index (χ0v) is 6.95. The Balaban J connectivity index is 2.15. The first-order valence-corrected chi connectivity index (χ1v) is 4.00. The van der Waals surface area contributed by atoms with Gasteiger partial charge in [-0.15, -0.1) is 0 Å². The number of hydrogen-bond acceptors (Lipinski definition) is 4. The number of rotatable bonds is 3. The van der Waals surface area contributed by atoms with Gasteiger partial charge in [-0.25, -0.2) is 9.97 Å². The Hall–Kier alpha value is -1.32. The molecule has 0 aliphatic heterocycles. The van der Waals surface area contributed by atoms with Gasteiger partial charge < -0.3 is 10.1 Å². The van der Waals surface area contributed by atoms with E-state index in [9.17, 15) is 0 Å². The number of aromatic nitrogens is 2. The molecule has 0 aromatic carbocycles. The molecular formula is C8H11N3O. The fraction of sp³-hybridized carbons (Fsp3) is 0.500. The van der Waals surface area contributed by atoms with Gasteiger partial charge in [0.15, 0.2) is 11.6 Å². The summed E-state index contributed by atoms with van der Waals surface area (Å²) in [4.78, 5) is 7.95. The Labute approximate surface area is 71.0 Å². The van der Waals surface area contributed by atoms with E-state index in [-0.39, 0.29) is 0 Å². The van der Waals surface area contributed by atoms with Crippen molar-refractivity contribution in [1.29, 1.82) is 0 Å². The predicted octanol–water partition coefficient (Wildman–Crippen LogP) is 1.06. The monoisotopic (exact) mass is 165 g/mol. The Morgan fingerprint density at radius 3 is 3.08 bits per heavy atom. The number of nitrogens with zero attached hydrogens (tertiary/aromatic N) is 2. The van der Waals surface area contributed by atoms with Crippen molar-refractivity contribution in [2.24, 2.45) is 0 Å². The SMILES string of the molecule is COc1cncnc1NC1CC1. The Bertz CT molecular complexity index is 273. The maximum atomic E-state index is 5.09. The van der Waals surface area contributed by atoms with Gasteiger partial charge in [0.2, 0.25) is 0 Å². The summed E-state index contributed by atoms with van der Waals surface area (Å²) in [5.41, 5.74) is 0. The molecule has 1 aliphatic carbocycles. The second-order valence-corrected chi connectivity index (χ2v) is 2.86. The van der Waals surface area contributed by atoms with Crippen molar-refractivity contribution in [2.75, 3.05) is 12.4 Å². The molecule has 0 unspecified atom stereocenters. The summed E-state index contributed by atoms with van der Waals surface area (Å²) in [6.45, 7) is 0. The van der Waals surface area contributed by atoms with Crippen LogP contribution in [0.2, 0.25) is 0 Å². The fourth-order valence-electron chi connectivity index (χ4n) is 0.996. The van der Waals surface area contributed by atoms with Gasteiger partial charge in [-0.2, -0.15) is 0 Å². The first-order chi connectivity index (χ1) is 5.90. The molecule has 0 atom stereocenters. The second-order valence-electron chi connectivity index (χ2n) is 2.86. The normalized spacial score (nSPS) is 15.8. The highest BCUT2D eigenvalue weighted by molar-refractivity contribution is 5.49. The van der Waals surface area contributed by atoms with Crippen LogP contribution in [-0.4, -0.2) is 23.1 Å². The summed E-state index contributed by atoms with van der Waals surface area (Å²) in [6, 6.07) is 0.591. The molecule has 4 heteroatoms. The fourth-order valence-corrected chi connectivity index (χ4v) is 0.996. The standard InChI is InChI=1S/C8H11N3O/c1-12-7-4-9-5-10-8(7)11-6-2-3-6/h4-6H,2-3H2,1H3,(H,9,10,11). The van der Waals surface area contributed by atoms with Crippen molar-refractivity contribution in [2.45, 2.75) is 18.9 Å². The lowest BCUT2D eigenvalue weighted by molar-refractivity contribution is 0.412. The molecule has 1 fully saturated rings. The third-order valence-electron chi connectivity index (χ3n) is 1.82. The summed E-state index contributed by atoms with van der Waals surface area (Å²) in [7, 11) is 1.62. The van der Waals surface area contributed by atoms with Crippen LogP contribution in [0.25, 0.3) is 0 Å². The van der Waals surface area contributed by atoms with Gasteiger partial charge in [-0.3, -0.25) is 0 Å². The Morgan fingerprint density at radius 2 is 2.42 bits per heavy atom. The van der Waals surface area contributed by atoms with Gasteiger partial charge in [0.25, 0.3) is 0 Å². The van der Waals surface area contributed by atoms with Gasteiger partial charge in [0, 0.05) is 6.04 Å². The van der Waals surface area contributed by atoms with Crippen molar-refractivity contribution in [1.82, 2.24) is 9.97 Å². The van der Waals surface area contributed by atoms with E-state index in [1.165, 1.54) is 19.2 Å². The molecule has 1 aliphatic rings. The molecule has 1 N–H and O–H groups in total. The predicted molar refractivity (Wildman–Crippen MR) is 45.2 cm³/mol. The van der Waals surface area contributed by atoms with Crippen LogP contribution in [0.3, 0.4) is 0 Å². The minimum Gasteiger partial charge on any atom is -0.491 e. The summed E-state index contributed by atoms with van der Waals surface area (Å²) in [5, 5.41) is 3.26. The van der Waals surface area contributed by atoms with Gasteiger partial charge in [0.1, 0.15) is 6.33 Å². The van der Waals surface area contributed by atoms with Crippen LogP contribution in [0.5, 0.6) is 5.75 Å². The maximum absolute atomic E-state index is 5.09. The highest BCUT2D eigenvalue weighted by Crippen LogP contribution is 2.27. The van der Waals surface area contributed by atoms with Crippen LogP contribution in [-0.2, 0) is 0 Å². The lowest BCUT2D eigenvalue weighted by Crippen LogP contribution is -2.04. The molecule has 2 rings (SSSR count). The van der Waals surface area contributed by atoms with E-state index >= 15 is 0 Å². The van der Waals surface area contributed by atoms with Crippen LogP contribution in [0.1, 0.15) is 12.8 Å². The smallest absolute Gasteiger partial charge is 0.179 e. The minimum atomic E-state index is 0.591. The van der Waals surface area contributed by atoms with E-state index in [1.807, 2.05) is 0 Å². The summed E-state index contributed by atoms with van der Waals surface area (Å²) < 4.78 is 5.09. The molecule has 1 heterocycles. The molecule has 1 aromatic heterocycles. The van der Waals surface area contributed by atoms with Crippen molar-refractivity contribution >= 4 is 5.82 Å². The van der Waals surface area contributed by atoms with E-state index in [0.29, 0.717) is 11.8 Å². The zero-order valence-electron chi connectivity index (χ0n) is 6.95.